The quantitative estimate of drug-likeness (QED) is 0.520. The van der Waals surface area contributed by atoms with Crippen molar-refractivity contribution < 1.29 is 29.9 Å². The van der Waals surface area contributed by atoms with Crippen LogP contribution in [0, 0.1) is 0 Å². The van der Waals surface area contributed by atoms with E-state index in [1.807, 2.05) is 0 Å². The van der Waals surface area contributed by atoms with Crippen molar-refractivity contribution in [1.82, 2.24) is 0 Å². The molecule has 0 unspecified atom stereocenters. The highest BCUT2D eigenvalue weighted by Gasteiger charge is 2.21. The Morgan fingerprint density at radius 3 is 2.48 bits per heavy atom. The van der Waals surface area contributed by atoms with Gasteiger partial charge in [0.2, 0.25) is 11.2 Å². The van der Waals surface area contributed by atoms with E-state index in [0.717, 1.165) is 6.08 Å². The molecule has 7 nitrogen and oxygen atoms in total. The van der Waals surface area contributed by atoms with Gasteiger partial charge in [-0.2, -0.15) is 0 Å². The molecule has 0 saturated carbocycles. The van der Waals surface area contributed by atoms with Gasteiger partial charge in [0.15, 0.2) is 11.5 Å². The molecule has 1 aromatic rings. The Labute approximate surface area is 130 Å². The van der Waals surface area contributed by atoms with E-state index in [1.54, 1.807) is 0 Å². The minimum absolute atomic E-state index is 0.124. The van der Waals surface area contributed by atoms with Gasteiger partial charge in [-0.15, -0.1) is 0 Å². The van der Waals surface area contributed by atoms with Gasteiger partial charge in [0.25, 0.3) is 0 Å². The zero-order valence-corrected chi connectivity index (χ0v) is 12.3. The van der Waals surface area contributed by atoms with E-state index < -0.39 is 16.9 Å². The van der Waals surface area contributed by atoms with Crippen LogP contribution in [0.5, 0.6) is 5.75 Å². The van der Waals surface area contributed by atoms with Crippen LogP contribution in [0.4, 0.5) is 0 Å². The molecule has 0 aliphatic heterocycles. The summed E-state index contributed by atoms with van der Waals surface area (Å²) in [5, 5.41) is 47.6. The van der Waals surface area contributed by atoms with E-state index in [1.165, 1.54) is 13.0 Å². The normalized spacial score (nSPS) is 17.1. The summed E-state index contributed by atoms with van der Waals surface area (Å²) in [6.45, 7) is 4.81. The highest BCUT2D eigenvalue weighted by atomic mass is 16.4. The number of aliphatic hydroxyl groups excluding tert-OH is 4. The predicted molar refractivity (Wildman–Crippen MR) is 83.3 cm³/mol. The standard InChI is InChI=1S/C16H16O7/c1-7(17)5-12(20)13-8(2)23-16(15(22)14(13)21)9-3-4-10(18)11(19)6-9/h5-6,17-20,22H,2-4H2,1H3/b7-5+,13-12-. The predicted octanol–water partition coefficient (Wildman–Crippen LogP) is 1.39. The lowest BCUT2D eigenvalue weighted by atomic mass is 9.99. The zero-order valence-electron chi connectivity index (χ0n) is 12.3. The minimum Gasteiger partial charge on any atom is -0.512 e. The third kappa shape index (κ3) is 3.08. The van der Waals surface area contributed by atoms with Gasteiger partial charge in [0.05, 0.1) is 5.76 Å². The Morgan fingerprint density at radius 1 is 1.26 bits per heavy atom. The van der Waals surface area contributed by atoms with E-state index in [0.29, 0.717) is 5.57 Å². The van der Waals surface area contributed by atoms with E-state index in [9.17, 15) is 25.2 Å². The van der Waals surface area contributed by atoms with Crippen molar-refractivity contribution >= 4 is 17.9 Å². The van der Waals surface area contributed by atoms with Crippen LogP contribution in [0.3, 0.4) is 0 Å². The molecular formula is C16H16O7. The lowest BCUT2D eigenvalue weighted by Gasteiger charge is -2.13. The second-order valence-electron chi connectivity index (χ2n) is 5.08. The SMILES string of the molecule is C=c1oc(C2=CC(O)=C(O)CC2)c(O)c(=O)/c1=C(O)/C=C(\C)O. The van der Waals surface area contributed by atoms with E-state index in [-0.39, 0.29) is 46.5 Å². The maximum Gasteiger partial charge on any atom is 0.238 e. The molecule has 1 aliphatic rings. The van der Waals surface area contributed by atoms with E-state index in [4.69, 9.17) is 9.52 Å². The number of aromatic hydroxyl groups is 1. The summed E-state index contributed by atoms with van der Waals surface area (Å²) in [7, 11) is 0. The first-order valence-corrected chi connectivity index (χ1v) is 6.70. The second-order valence-corrected chi connectivity index (χ2v) is 5.08. The van der Waals surface area contributed by atoms with Crippen molar-refractivity contribution in [2.75, 3.05) is 0 Å². The number of hydrogen-bond donors (Lipinski definition) is 5. The van der Waals surface area contributed by atoms with Crippen molar-refractivity contribution in [1.29, 1.82) is 0 Å². The van der Waals surface area contributed by atoms with Gasteiger partial charge in [-0.25, -0.2) is 0 Å². The molecule has 0 bridgehead atoms. The Balaban J connectivity index is 2.75. The largest absolute Gasteiger partial charge is 0.512 e. The fraction of sp³-hybridized carbons (Fsp3) is 0.188. The molecule has 1 aromatic heterocycles. The summed E-state index contributed by atoms with van der Waals surface area (Å²) in [5.74, 6) is -2.37. The molecule has 2 rings (SSSR count). The highest BCUT2D eigenvalue weighted by molar-refractivity contribution is 5.69. The molecule has 0 spiro atoms. The number of rotatable bonds is 2. The van der Waals surface area contributed by atoms with E-state index in [2.05, 4.69) is 6.58 Å². The smallest absolute Gasteiger partial charge is 0.238 e. The van der Waals surface area contributed by atoms with Crippen molar-refractivity contribution in [2.24, 2.45) is 0 Å². The molecule has 1 heterocycles. The van der Waals surface area contributed by atoms with Crippen LogP contribution in [0.1, 0.15) is 25.5 Å². The summed E-state index contributed by atoms with van der Waals surface area (Å²) < 4.78 is 5.31. The Bertz CT molecular complexity index is 909. The van der Waals surface area contributed by atoms with Gasteiger partial charge < -0.3 is 29.9 Å². The maximum absolute atomic E-state index is 12.2. The van der Waals surface area contributed by atoms with Gasteiger partial charge >= 0.3 is 0 Å². The van der Waals surface area contributed by atoms with Crippen molar-refractivity contribution in [3.63, 3.8) is 0 Å². The second kappa shape index (κ2) is 5.96. The molecule has 0 radical (unpaired) electrons. The first kappa shape index (κ1) is 16.3. The first-order chi connectivity index (χ1) is 10.7. The van der Waals surface area contributed by atoms with Crippen LogP contribution in [-0.4, -0.2) is 25.5 Å². The van der Waals surface area contributed by atoms with Gasteiger partial charge in [-0.05, 0) is 19.4 Å². The van der Waals surface area contributed by atoms with Crippen LogP contribution < -0.4 is 16.1 Å². The maximum atomic E-state index is 12.2. The number of hydrogen-bond acceptors (Lipinski definition) is 7. The van der Waals surface area contributed by atoms with Crippen LogP contribution in [-0.2, 0) is 0 Å². The van der Waals surface area contributed by atoms with Gasteiger partial charge in [0, 0.05) is 18.1 Å². The minimum atomic E-state index is -0.926. The lowest BCUT2D eigenvalue weighted by molar-refractivity contribution is 0.319. The average molecular weight is 320 g/mol. The number of allylic oxidation sites excluding steroid dienone is 4. The molecular weight excluding hydrogens is 304 g/mol. The molecule has 122 valence electrons. The van der Waals surface area contributed by atoms with Gasteiger partial charge in [-0.1, -0.05) is 6.58 Å². The third-order valence-corrected chi connectivity index (χ3v) is 3.29. The van der Waals surface area contributed by atoms with Gasteiger partial charge in [0.1, 0.15) is 22.2 Å². The third-order valence-electron chi connectivity index (χ3n) is 3.29. The summed E-state index contributed by atoms with van der Waals surface area (Å²) >= 11 is 0. The number of aliphatic hydroxyl groups is 4. The molecule has 23 heavy (non-hydrogen) atoms. The van der Waals surface area contributed by atoms with Crippen LogP contribution >= 0.6 is 0 Å². The van der Waals surface area contributed by atoms with Gasteiger partial charge in [-0.3, -0.25) is 4.79 Å². The van der Waals surface area contributed by atoms with E-state index >= 15 is 0 Å². The Hall–Kier alpha value is -3.09. The molecule has 0 saturated heterocycles. The summed E-state index contributed by atoms with van der Waals surface area (Å²) in [6.07, 6.45) is 2.46. The first-order valence-electron chi connectivity index (χ1n) is 6.70. The highest BCUT2D eigenvalue weighted by Crippen LogP contribution is 2.30. The van der Waals surface area contributed by atoms with Crippen LogP contribution in [0.25, 0.3) is 17.9 Å². The van der Waals surface area contributed by atoms with Crippen molar-refractivity contribution in [3.8, 4) is 5.75 Å². The zero-order chi connectivity index (χ0) is 17.3. The molecule has 7 heteroatoms. The molecule has 1 aliphatic carbocycles. The molecule has 0 amide bonds. The Kier molecular flexibility index (Phi) is 4.22. The fourth-order valence-electron chi connectivity index (χ4n) is 2.20. The monoisotopic (exact) mass is 320 g/mol. The summed E-state index contributed by atoms with van der Waals surface area (Å²) in [4.78, 5) is 12.2. The molecule has 5 N–H and O–H groups in total. The molecule has 0 aromatic carbocycles. The van der Waals surface area contributed by atoms with Crippen LogP contribution in [0.2, 0.25) is 0 Å². The lowest BCUT2D eigenvalue weighted by Crippen LogP contribution is -2.40. The fourth-order valence-corrected chi connectivity index (χ4v) is 2.20. The molecule has 0 fully saturated rings. The van der Waals surface area contributed by atoms with Crippen molar-refractivity contribution in [2.45, 2.75) is 19.8 Å². The van der Waals surface area contributed by atoms with Crippen molar-refractivity contribution in [3.05, 3.63) is 56.0 Å². The van der Waals surface area contributed by atoms with Crippen LogP contribution in [0.15, 0.2) is 38.6 Å². The summed E-state index contributed by atoms with van der Waals surface area (Å²) in [5.41, 5.74) is -0.831. The molecule has 0 atom stereocenters. The average Bonchev–Trinajstić information content (AvgIpc) is 2.45. The summed E-state index contributed by atoms with van der Waals surface area (Å²) in [6, 6.07) is 0. The Morgan fingerprint density at radius 2 is 1.91 bits per heavy atom. The topological polar surface area (TPSA) is 131 Å².